The summed E-state index contributed by atoms with van der Waals surface area (Å²) in [6.45, 7) is 3.92. The largest absolute Gasteiger partial charge is 0.496 e. The molecule has 3 aromatic rings. The zero-order valence-corrected chi connectivity index (χ0v) is 17.6. The van der Waals surface area contributed by atoms with Crippen molar-refractivity contribution in [1.82, 2.24) is 10.2 Å². The van der Waals surface area contributed by atoms with Crippen LogP contribution in [-0.2, 0) is 4.79 Å². The molecule has 1 aromatic carbocycles. The number of methoxy groups -OCH3 is 1. The Labute approximate surface area is 180 Å². The van der Waals surface area contributed by atoms with Gasteiger partial charge in [-0.15, -0.1) is 10.2 Å². The van der Waals surface area contributed by atoms with Crippen molar-refractivity contribution in [3.05, 3.63) is 56.8 Å². The quantitative estimate of drug-likeness (QED) is 0.247. The van der Waals surface area contributed by atoms with Crippen LogP contribution in [0.5, 0.6) is 5.75 Å². The summed E-state index contributed by atoms with van der Waals surface area (Å²) in [5.74, 6) is 0.407. The molecule has 158 valence electrons. The minimum Gasteiger partial charge on any atom is -0.496 e. The molecular weight excluding hydrogens is 422 g/mol. The zero-order chi connectivity index (χ0) is 22.5. The molecule has 0 atom stereocenters. The Morgan fingerprint density at radius 2 is 2.13 bits per heavy atom. The number of non-ortho nitro benzene ring substituents is 1. The van der Waals surface area contributed by atoms with Crippen molar-refractivity contribution < 1.29 is 18.9 Å². The molecule has 10 nitrogen and oxygen atoms in total. The number of rotatable bonds is 7. The van der Waals surface area contributed by atoms with E-state index in [2.05, 4.69) is 15.5 Å². The summed E-state index contributed by atoms with van der Waals surface area (Å²) in [5.41, 5.74) is 0.191. The number of nitro benzene ring substituents is 1. The van der Waals surface area contributed by atoms with E-state index in [1.54, 1.807) is 12.1 Å². The first-order valence-electron chi connectivity index (χ1n) is 9.01. The minimum absolute atomic E-state index is 0.118. The lowest BCUT2D eigenvalue weighted by Gasteiger charge is -2.05. The Bertz CT molecular complexity index is 1200. The van der Waals surface area contributed by atoms with E-state index in [1.807, 2.05) is 19.9 Å². The molecule has 1 N–H and O–H groups in total. The molecule has 2 aromatic heterocycles. The summed E-state index contributed by atoms with van der Waals surface area (Å²) < 4.78 is 10.9. The molecule has 0 aliphatic rings. The lowest BCUT2D eigenvalue weighted by molar-refractivity contribution is -0.384. The fraction of sp³-hybridized carbons (Fsp3) is 0.200. The average molecular weight is 439 g/mol. The monoisotopic (exact) mass is 439 g/mol. The van der Waals surface area contributed by atoms with Crippen molar-refractivity contribution in [2.45, 2.75) is 19.8 Å². The maximum atomic E-state index is 12.4. The van der Waals surface area contributed by atoms with E-state index in [4.69, 9.17) is 9.15 Å². The number of hydrogen-bond donors (Lipinski definition) is 1. The molecule has 0 saturated carbocycles. The fourth-order valence-corrected chi connectivity index (χ4v) is 3.29. The zero-order valence-electron chi connectivity index (χ0n) is 16.8. The number of anilines is 1. The number of furan rings is 1. The molecule has 0 fully saturated rings. The van der Waals surface area contributed by atoms with Gasteiger partial charge < -0.3 is 9.15 Å². The molecule has 31 heavy (non-hydrogen) atoms. The van der Waals surface area contributed by atoms with Gasteiger partial charge in [-0.25, -0.2) is 0 Å². The van der Waals surface area contributed by atoms with Gasteiger partial charge in [0.15, 0.2) is 0 Å². The Morgan fingerprint density at radius 1 is 1.35 bits per heavy atom. The number of benzene rings is 1. The average Bonchev–Trinajstić information content (AvgIpc) is 3.41. The van der Waals surface area contributed by atoms with Crippen LogP contribution in [0.4, 0.5) is 10.8 Å². The minimum atomic E-state index is -0.639. The Kier molecular flexibility index (Phi) is 6.42. The maximum Gasteiger partial charge on any atom is 0.273 e. The van der Waals surface area contributed by atoms with Crippen LogP contribution in [0.25, 0.3) is 17.4 Å². The van der Waals surface area contributed by atoms with E-state index in [9.17, 15) is 20.2 Å². The van der Waals surface area contributed by atoms with E-state index in [0.717, 1.165) is 5.01 Å². The molecular formula is C20H17N5O5S. The first kappa shape index (κ1) is 21.7. The van der Waals surface area contributed by atoms with Gasteiger partial charge >= 0.3 is 0 Å². The Hall–Kier alpha value is -4.04. The molecule has 0 radical (unpaired) electrons. The van der Waals surface area contributed by atoms with Gasteiger partial charge in [-0.3, -0.25) is 20.2 Å². The van der Waals surface area contributed by atoms with Crippen LogP contribution in [0.3, 0.4) is 0 Å². The standard InChI is InChI=1S/C20H17N5O5S/c1-11(2)19-23-24-20(31-19)22-18(26)12(10-21)8-14-5-7-16(30-14)15-6-4-13(25(27)28)9-17(15)29-3/h4-9,11H,1-3H3,(H,22,24,26)/b12-8-. The SMILES string of the molecule is COc1cc([N+](=O)[O-])ccc1-c1ccc(/C=C(/C#N)C(=O)Nc2nnc(C(C)C)s2)o1. The smallest absolute Gasteiger partial charge is 0.273 e. The van der Waals surface area contributed by atoms with E-state index in [0.29, 0.717) is 16.5 Å². The number of aromatic nitrogens is 2. The summed E-state index contributed by atoms with van der Waals surface area (Å²) in [5, 5.41) is 31.8. The summed E-state index contributed by atoms with van der Waals surface area (Å²) >= 11 is 1.24. The van der Waals surface area contributed by atoms with Crippen molar-refractivity contribution in [2.24, 2.45) is 0 Å². The number of amides is 1. The van der Waals surface area contributed by atoms with Gasteiger partial charge in [-0.1, -0.05) is 25.2 Å². The number of ether oxygens (including phenoxy) is 1. The van der Waals surface area contributed by atoms with Crippen LogP contribution in [0, 0.1) is 21.4 Å². The van der Waals surface area contributed by atoms with Gasteiger partial charge in [0.2, 0.25) is 5.13 Å². The molecule has 3 rings (SSSR count). The maximum absolute atomic E-state index is 12.4. The predicted molar refractivity (Wildman–Crippen MR) is 114 cm³/mol. The van der Waals surface area contributed by atoms with Crippen molar-refractivity contribution in [3.63, 3.8) is 0 Å². The summed E-state index contributed by atoms with van der Waals surface area (Å²) in [4.78, 5) is 22.8. The molecule has 1 amide bonds. The van der Waals surface area contributed by atoms with Gasteiger partial charge in [-0.05, 0) is 18.2 Å². The highest BCUT2D eigenvalue weighted by Crippen LogP contribution is 2.34. The first-order chi connectivity index (χ1) is 14.8. The molecule has 2 heterocycles. The Balaban J connectivity index is 1.83. The van der Waals surface area contributed by atoms with Crippen LogP contribution < -0.4 is 10.1 Å². The molecule has 0 aliphatic carbocycles. The summed E-state index contributed by atoms with van der Waals surface area (Å²) in [6, 6.07) is 9.14. The number of nitrogens with zero attached hydrogens (tertiary/aromatic N) is 4. The van der Waals surface area contributed by atoms with Crippen LogP contribution >= 0.6 is 11.3 Å². The third kappa shape index (κ3) is 4.93. The second-order valence-electron chi connectivity index (χ2n) is 6.57. The van der Waals surface area contributed by atoms with Gasteiger partial charge in [0.1, 0.15) is 33.9 Å². The molecule has 0 unspecified atom stereocenters. The molecule has 0 saturated heterocycles. The van der Waals surface area contributed by atoms with Gasteiger partial charge in [0.25, 0.3) is 11.6 Å². The molecule has 0 bridgehead atoms. The van der Waals surface area contributed by atoms with Crippen LogP contribution in [-0.4, -0.2) is 28.1 Å². The highest BCUT2D eigenvalue weighted by Gasteiger charge is 2.17. The Morgan fingerprint density at radius 3 is 2.74 bits per heavy atom. The lowest BCUT2D eigenvalue weighted by atomic mass is 10.1. The fourth-order valence-electron chi connectivity index (χ4n) is 2.55. The van der Waals surface area contributed by atoms with Gasteiger partial charge in [0, 0.05) is 18.1 Å². The lowest BCUT2D eigenvalue weighted by Crippen LogP contribution is -2.13. The topological polar surface area (TPSA) is 144 Å². The normalized spacial score (nSPS) is 11.3. The number of carbonyl (C=O) groups excluding carboxylic acids is 1. The van der Waals surface area contributed by atoms with Crippen LogP contribution in [0.1, 0.15) is 30.5 Å². The summed E-state index contributed by atoms with van der Waals surface area (Å²) in [6.07, 6.45) is 1.29. The highest BCUT2D eigenvalue weighted by molar-refractivity contribution is 7.15. The van der Waals surface area contributed by atoms with Gasteiger partial charge in [-0.2, -0.15) is 5.26 Å². The number of hydrogen-bond acceptors (Lipinski definition) is 9. The molecule has 11 heteroatoms. The van der Waals surface area contributed by atoms with Crippen molar-refractivity contribution in [3.8, 4) is 23.1 Å². The van der Waals surface area contributed by atoms with E-state index < -0.39 is 10.8 Å². The van der Waals surface area contributed by atoms with Gasteiger partial charge in [0.05, 0.1) is 23.7 Å². The number of nitro groups is 1. The van der Waals surface area contributed by atoms with E-state index >= 15 is 0 Å². The number of nitriles is 1. The number of carbonyl (C=O) groups is 1. The third-order valence-electron chi connectivity index (χ3n) is 4.09. The van der Waals surface area contributed by atoms with E-state index in [-0.39, 0.29) is 28.7 Å². The second kappa shape index (κ2) is 9.19. The van der Waals surface area contributed by atoms with Crippen molar-refractivity contribution in [2.75, 3.05) is 12.4 Å². The second-order valence-corrected chi connectivity index (χ2v) is 7.58. The summed E-state index contributed by atoms with van der Waals surface area (Å²) in [7, 11) is 1.39. The van der Waals surface area contributed by atoms with E-state index in [1.165, 1.54) is 42.7 Å². The van der Waals surface area contributed by atoms with Crippen LogP contribution in [0.2, 0.25) is 0 Å². The predicted octanol–water partition coefficient (Wildman–Crippen LogP) is 4.38. The van der Waals surface area contributed by atoms with Crippen LogP contribution in [0.15, 0.2) is 40.3 Å². The van der Waals surface area contributed by atoms with Crippen molar-refractivity contribution >= 4 is 34.1 Å². The molecule has 0 spiro atoms. The third-order valence-corrected chi connectivity index (χ3v) is 5.23. The highest BCUT2D eigenvalue weighted by atomic mass is 32.1. The molecule has 0 aliphatic heterocycles. The van der Waals surface area contributed by atoms with Crippen molar-refractivity contribution in [1.29, 1.82) is 5.26 Å². The first-order valence-corrected chi connectivity index (χ1v) is 9.83. The number of nitrogens with one attached hydrogen (secondary N) is 1.